The molecule has 0 amide bonds. The largest absolute Gasteiger partial charge is 0.394 e. The molecule has 26 heavy (non-hydrogen) atoms. The summed E-state index contributed by atoms with van der Waals surface area (Å²) in [4.78, 5) is 0. The van der Waals surface area contributed by atoms with Crippen molar-refractivity contribution in [2.75, 3.05) is 19.8 Å². The van der Waals surface area contributed by atoms with Crippen molar-refractivity contribution in [2.24, 2.45) is 5.73 Å². The average molecular weight is 381 g/mol. The third kappa shape index (κ3) is 4.40. The average Bonchev–Trinajstić information content (AvgIpc) is 2.64. The van der Waals surface area contributed by atoms with Crippen molar-refractivity contribution in [2.45, 2.75) is 61.3 Å². The lowest BCUT2D eigenvalue weighted by molar-refractivity contribution is -0.346. The van der Waals surface area contributed by atoms with Gasteiger partial charge in [-0.1, -0.05) is 6.08 Å². The van der Waals surface area contributed by atoms with Crippen molar-refractivity contribution in [3.8, 4) is 0 Å². The zero-order valence-electron chi connectivity index (χ0n) is 14.1. The molecule has 2 heterocycles. The number of ether oxygens (including phenoxy) is 4. The van der Waals surface area contributed by atoms with Gasteiger partial charge in [0, 0.05) is 0 Å². The fourth-order valence-corrected chi connectivity index (χ4v) is 2.90. The molecule has 2 saturated heterocycles. The van der Waals surface area contributed by atoms with E-state index in [1.165, 1.54) is 6.08 Å². The SMILES string of the molecule is C=CCO[C@@H]1OC(CO)[C@@H](O[C@@H]2OC(CO)[C@H](O)C(O)C2O)C(O)C1N. The Morgan fingerprint density at radius 1 is 0.885 bits per heavy atom. The molecule has 0 aromatic heterocycles. The maximum absolute atomic E-state index is 10.4. The van der Waals surface area contributed by atoms with Gasteiger partial charge in [0.1, 0.15) is 42.7 Å². The molecule has 0 spiro atoms. The third-order valence-electron chi connectivity index (χ3n) is 4.42. The minimum absolute atomic E-state index is 0.113. The molecule has 2 aliphatic rings. The summed E-state index contributed by atoms with van der Waals surface area (Å²) in [5, 5.41) is 58.8. The van der Waals surface area contributed by atoms with Crippen LogP contribution in [0.15, 0.2) is 12.7 Å². The van der Waals surface area contributed by atoms with Crippen LogP contribution in [-0.2, 0) is 18.9 Å². The Morgan fingerprint density at radius 3 is 2.08 bits per heavy atom. The van der Waals surface area contributed by atoms with Gasteiger partial charge in [0.05, 0.1) is 25.9 Å². The Kier molecular flexibility index (Phi) is 7.88. The van der Waals surface area contributed by atoms with Crippen molar-refractivity contribution >= 4 is 0 Å². The second-order valence-corrected chi connectivity index (χ2v) is 6.21. The Hall–Kier alpha value is -0.700. The molecule has 6 unspecified atom stereocenters. The van der Waals surface area contributed by atoms with Crippen LogP contribution >= 0.6 is 0 Å². The minimum atomic E-state index is -1.66. The Bertz CT molecular complexity index is 450. The quantitative estimate of drug-likeness (QED) is 0.212. The van der Waals surface area contributed by atoms with Crippen LogP contribution < -0.4 is 5.73 Å². The molecule has 11 nitrogen and oxygen atoms in total. The first-order chi connectivity index (χ1) is 12.3. The van der Waals surface area contributed by atoms with E-state index >= 15 is 0 Å². The molecule has 0 radical (unpaired) electrons. The molecular weight excluding hydrogens is 354 g/mol. The molecule has 2 fully saturated rings. The number of rotatable bonds is 7. The van der Waals surface area contributed by atoms with Gasteiger partial charge in [0.25, 0.3) is 0 Å². The molecule has 0 aromatic rings. The molecule has 0 bridgehead atoms. The summed E-state index contributed by atoms with van der Waals surface area (Å²) in [5.41, 5.74) is 5.88. The van der Waals surface area contributed by atoms with Gasteiger partial charge in [-0.2, -0.15) is 0 Å². The zero-order chi connectivity index (χ0) is 19.4. The third-order valence-corrected chi connectivity index (χ3v) is 4.42. The molecule has 11 heteroatoms. The summed E-state index contributed by atoms with van der Waals surface area (Å²) in [6.07, 6.45) is -10.7. The lowest BCUT2D eigenvalue weighted by Crippen LogP contribution is -2.66. The predicted octanol–water partition coefficient (Wildman–Crippen LogP) is -4.22. The van der Waals surface area contributed by atoms with Crippen LogP contribution in [0.4, 0.5) is 0 Å². The van der Waals surface area contributed by atoms with Gasteiger partial charge < -0.3 is 55.3 Å². The first kappa shape index (κ1) is 21.6. The van der Waals surface area contributed by atoms with E-state index in [4.69, 9.17) is 24.7 Å². The second-order valence-electron chi connectivity index (χ2n) is 6.21. The first-order valence-electron chi connectivity index (χ1n) is 8.24. The van der Waals surface area contributed by atoms with Gasteiger partial charge in [0.2, 0.25) is 0 Å². The van der Waals surface area contributed by atoms with Crippen LogP contribution in [0.5, 0.6) is 0 Å². The second kappa shape index (κ2) is 9.48. The van der Waals surface area contributed by atoms with Gasteiger partial charge in [-0.15, -0.1) is 6.58 Å². The number of hydrogen-bond donors (Lipinski definition) is 7. The van der Waals surface area contributed by atoms with E-state index in [-0.39, 0.29) is 6.61 Å². The first-order valence-corrected chi connectivity index (χ1v) is 8.24. The zero-order valence-corrected chi connectivity index (χ0v) is 14.1. The van der Waals surface area contributed by atoms with E-state index in [0.717, 1.165) is 0 Å². The molecule has 10 atom stereocenters. The lowest BCUT2D eigenvalue weighted by Gasteiger charge is -2.46. The highest BCUT2D eigenvalue weighted by molar-refractivity contribution is 4.95. The minimum Gasteiger partial charge on any atom is -0.394 e. The monoisotopic (exact) mass is 381 g/mol. The summed E-state index contributed by atoms with van der Waals surface area (Å²) < 4.78 is 21.5. The van der Waals surface area contributed by atoms with Crippen LogP contribution in [0, 0.1) is 0 Å². The molecule has 0 saturated carbocycles. The van der Waals surface area contributed by atoms with Gasteiger partial charge in [-0.3, -0.25) is 0 Å². The molecule has 152 valence electrons. The Labute approximate surface area is 150 Å². The maximum Gasteiger partial charge on any atom is 0.187 e. The van der Waals surface area contributed by atoms with E-state index in [2.05, 4.69) is 6.58 Å². The van der Waals surface area contributed by atoms with Gasteiger partial charge >= 0.3 is 0 Å². The van der Waals surface area contributed by atoms with Crippen LogP contribution in [0.3, 0.4) is 0 Å². The summed E-state index contributed by atoms with van der Waals surface area (Å²) in [7, 11) is 0. The fourth-order valence-electron chi connectivity index (χ4n) is 2.90. The van der Waals surface area contributed by atoms with Gasteiger partial charge in [-0.05, 0) is 0 Å². The number of aliphatic hydroxyl groups excluding tert-OH is 6. The Morgan fingerprint density at radius 2 is 1.50 bits per heavy atom. The highest BCUT2D eigenvalue weighted by Crippen LogP contribution is 2.28. The van der Waals surface area contributed by atoms with Gasteiger partial charge in [0.15, 0.2) is 12.6 Å². The maximum atomic E-state index is 10.4. The lowest BCUT2D eigenvalue weighted by atomic mass is 9.96. The molecular formula is C15H27NO10. The number of aliphatic hydroxyl groups is 6. The summed E-state index contributed by atoms with van der Waals surface area (Å²) in [5.74, 6) is 0. The van der Waals surface area contributed by atoms with E-state index in [0.29, 0.717) is 0 Å². The normalized spacial score (nSPS) is 46.9. The number of hydrogen-bond acceptors (Lipinski definition) is 11. The smallest absolute Gasteiger partial charge is 0.187 e. The van der Waals surface area contributed by atoms with E-state index < -0.39 is 74.6 Å². The fraction of sp³-hybridized carbons (Fsp3) is 0.867. The van der Waals surface area contributed by atoms with Gasteiger partial charge in [-0.25, -0.2) is 0 Å². The van der Waals surface area contributed by atoms with Crippen molar-refractivity contribution in [1.29, 1.82) is 0 Å². The van der Waals surface area contributed by atoms with Crippen molar-refractivity contribution in [1.82, 2.24) is 0 Å². The van der Waals surface area contributed by atoms with Crippen molar-refractivity contribution in [3.05, 3.63) is 12.7 Å². The van der Waals surface area contributed by atoms with Crippen LogP contribution in [0.1, 0.15) is 0 Å². The molecule has 2 aliphatic heterocycles. The molecule has 8 N–H and O–H groups in total. The van der Waals surface area contributed by atoms with Crippen molar-refractivity contribution in [3.63, 3.8) is 0 Å². The van der Waals surface area contributed by atoms with E-state index in [9.17, 15) is 30.6 Å². The van der Waals surface area contributed by atoms with Crippen LogP contribution in [0.2, 0.25) is 0 Å². The topological polar surface area (TPSA) is 184 Å². The molecule has 0 aromatic carbocycles. The summed E-state index contributed by atoms with van der Waals surface area (Å²) >= 11 is 0. The molecule has 0 aliphatic carbocycles. The summed E-state index contributed by atoms with van der Waals surface area (Å²) in [6, 6.07) is -1.03. The Balaban J connectivity index is 2.10. The van der Waals surface area contributed by atoms with Crippen LogP contribution in [0.25, 0.3) is 0 Å². The summed E-state index contributed by atoms with van der Waals surface area (Å²) in [6.45, 7) is 2.42. The highest BCUT2D eigenvalue weighted by Gasteiger charge is 2.50. The standard InChI is InChI=1S/C15H27NO10/c1-2-3-23-14-8(16)10(20)13(7(5-18)25-14)26-15-12(22)11(21)9(19)6(4-17)24-15/h2,6-15,17-22H,1,3-5,16H2/t6?,7?,8?,9-,10?,11?,12?,13+,14+,15-/m0/s1. The van der Waals surface area contributed by atoms with Crippen LogP contribution in [-0.4, -0.2) is 112 Å². The van der Waals surface area contributed by atoms with Crippen molar-refractivity contribution < 1.29 is 49.6 Å². The number of nitrogens with two attached hydrogens (primary N) is 1. The van der Waals surface area contributed by atoms with E-state index in [1.807, 2.05) is 0 Å². The highest BCUT2D eigenvalue weighted by atomic mass is 16.7. The van der Waals surface area contributed by atoms with E-state index in [1.54, 1.807) is 0 Å². The predicted molar refractivity (Wildman–Crippen MR) is 84.5 cm³/mol. The molecule has 2 rings (SSSR count).